The summed E-state index contributed by atoms with van der Waals surface area (Å²) in [4.78, 5) is 23.9. The molecule has 0 radical (unpaired) electrons. The normalized spacial score (nSPS) is 9.74. The Morgan fingerprint density at radius 3 is 2.68 bits per heavy atom. The van der Waals surface area contributed by atoms with Gasteiger partial charge in [0.05, 0.1) is 17.4 Å². The molecule has 0 fully saturated rings. The highest BCUT2D eigenvalue weighted by molar-refractivity contribution is 5.94. The molecular formula is C13H15N3O3. The fraction of sp³-hybridized carbons (Fsp3) is 0.385. The Bertz CT molecular complexity index is 534. The molecule has 6 heteroatoms. The molecule has 1 rings (SSSR count). The van der Waals surface area contributed by atoms with E-state index in [0.717, 1.165) is 0 Å². The summed E-state index contributed by atoms with van der Waals surface area (Å²) >= 11 is 0. The molecule has 0 heterocycles. The summed E-state index contributed by atoms with van der Waals surface area (Å²) in [6, 6.07) is 6.28. The van der Waals surface area contributed by atoms with E-state index in [1.54, 1.807) is 11.8 Å². The van der Waals surface area contributed by atoms with Gasteiger partial charge in [-0.05, 0) is 26.0 Å². The molecule has 0 aliphatic heterocycles. The van der Waals surface area contributed by atoms with E-state index in [4.69, 9.17) is 5.26 Å². The van der Waals surface area contributed by atoms with Crippen LogP contribution in [-0.2, 0) is 0 Å². The van der Waals surface area contributed by atoms with Crippen molar-refractivity contribution in [2.45, 2.75) is 20.3 Å². The Morgan fingerprint density at radius 2 is 2.21 bits per heavy atom. The van der Waals surface area contributed by atoms with Crippen LogP contribution in [0.15, 0.2) is 18.2 Å². The van der Waals surface area contributed by atoms with Gasteiger partial charge in [0.1, 0.15) is 0 Å². The Labute approximate surface area is 111 Å². The second-order valence-electron chi connectivity index (χ2n) is 4.05. The molecule has 6 nitrogen and oxygen atoms in total. The molecule has 0 aliphatic carbocycles. The van der Waals surface area contributed by atoms with Gasteiger partial charge in [-0.1, -0.05) is 0 Å². The predicted molar refractivity (Wildman–Crippen MR) is 69.6 cm³/mol. The van der Waals surface area contributed by atoms with Crippen molar-refractivity contribution in [3.05, 3.63) is 39.4 Å². The molecule has 0 N–H and O–H groups in total. The largest absolute Gasteiger partial charge is 0.338 e. The lowest BCUT2D eigenvalue weighted by atomic mass is 10.1. The fourth-order valence-corrected chi connectivity index (χ4v) is 1.76. The van der Waals surface area contributed by atoms with E-state index >= 15 is 0 Å². The number of hydrogen-bond acceptors (Lipinski definition) is 4. The smallest absolute Gasteiger partial charge is 0.272 e. The number of nitriles is 1. The molecular weight excluding hydrogens is 246 g/mol. The van der Waals surface area contributed by atoms with Crippen LogP contribution in [0.2, 0.25) is 0 Å². The summed E-state index contributed by atoms with van der Waals surface area (Å²) < 4.78 is 0. The number of nitrogens with zero attached hydrogens (tertiary/aromatic N) is 3. The predicted octanol–water partition coefficient (Wildman–Crippen LogP) is 2.28. The second kappa shape index (κ2) is 6.50. The van der Waals surface area contributed by atoms with Crippen LogP contribution in [0.3, 0.4) is 0 Å². The number of amides is 1. The maximum absolute atomic E-state index is 12.2. The number of aryl methyl sites for hydroxylation is 1. The van der Waals surface area contributed by atoms with Crippen molar-refractivity contribution in [3.8, 4) is 6.07 Å². The number of hydrogen-bond donors (Lipinski definition) is 0. The molecule has 1 amide bonds. The first-order chi connectivity index (χ1) is 9.01. The molecule has 0 atom stereocenters. The minimum atomic E-state index is -0.475. The fourth-order valence-electron chi connectivity index (χ4n) is 1.76. The quantitative estimate of drug-likeness (QED) is 0.601. The van der Waals surface area contributed by atoms with Crippen LogP contribution >= 0.6 is 0 Å². The van der Waals surface area contributed by atoms with Crippen molar-refractivity contribution in [1.82, 2.24) is 4.90 Å². The van der Waals surface area contributed by atoms with Crippen molar-refractivity contribution in [2.75, 3.05) is 13.1 Å². The number of nitro groups is 1. The van der Waals surface area contributed by atoms with Gasteiger partial charge >= 0.3 is 0 Å². The number of benzene rings is 1. The lowest BCUT2D eigenvalue weighted by Gasteiger charge is -2.19. The highest BCUT2D eigenvalue weighted by Gasteiger charge is 2.17. The molecule has 1 aromatic carbocycles. The second-order valence-corrected chi connectivity index (χ2v) is 4.05. The molecule has 0 spiro atoms. The van der Waals surface area contributed by atoms with Crippen molar-refractivity contribution in [2.24, 2.45) is 0 Å². The van der Waals surface area contributed by atoms with Gasteiger partial charge in [-0.25, -0.2) is 0 Å². The van der Waals surface area contributed by atoms with Gasteiger partial charge in [0.2, 0.25) is 0 Å². The Morgan fingerprint density at radius 1 is 1.53 bits per heavy atom. The highest BCUT2D eigenvalue weighted by atomic mass is 16.6. The van der Waals surface area contributed by atoms with Crippen molar-refractivity contribution >= 4 is 11.6 Å². The van der Waals surface area contributed by atoms with Crippen LogP contribution in [0.5, 0.6) is 0 Å². The van der Waals surface area contributed by atoms with Crippen molar-refractivity contribution in [1.29, 1.82) is 5.26 Å². The summed E-state index contributed by atoms with van der Waals surface area (Å²) in [5, 5.41) is 19.3. The first kappa shape index (κ1) is 14.6. The van der Waals surface area contributed by atoms with Gasteiger partial charge in [0.15, 0.2) is 0 Å². The molecule has 0 saturated carbocycles. The van der Waals surface area contributed by atoms with Crippen LogP contribution in [0.25, 0.3) is 0 Å². The zero-order valence-electron chi connectivity index (χ0n) is 10.9. The number of nitro benzene ring substituents is 1. The van der Waals surface area contributed by atoms with E-state index in [0.29, 0.717) is 24.2 Å². The highest BCUT2D eigenvalue weighted by Crippen LogP contribution is 2.19. The SMILES string of the molecule is CCN(CCC#N)C(=O)c1ccc([N+](=O)[O-])c(C)c1. The summed E-state index contributed by atoms with van der Waals surface area (Å²) in [6.45, 7) is 4.28. The topological polar surface area (TPSA) is 87.2 Å². The molecule has 0 aliphatic rings. The monoisotopic (exact) mass is 261 g/mol. The van der Waals surface area contributed by atoms with Gasteiger partial charge in [0.25, 0.3) is 11.6 Å². The molecule has 19 heavy (non-hydrogen) atoms. The standard InChI is InChI=1S/C13H15N3O3/c1-3-15(8-4-7-14)13(17)11-5-6-12(16(18)19)10(2)9-11/h5-6,9H,3-4,8H2,1-2H3. The Balaban J connectivity index is 2.97. The van der Waals surface area contributed by atoms with E-state index in [2.05, 4.69) is 0 Å². The summed E-state index contributed by atoms with van der Waals surface area (Å²) in [6.07, 6.45) is 0.269. The van der Waals surface area contributed by atoms with Gasteiger partial charge in [-0.3, -0.25) is 14.9 Å². The average molecular weight is 261 g/mol. The first-order valence-electron chi connectivity index (χ1n) is 5.92. The van der Waals surface area contributed by atoms with Crippen molar-refractivity contribution in [3.63, 3.8) is 0 Å². The summed E-state index contributed by atoms with van der Waals surface area (Å²) in [7, 11) is 0. The third-order valence-electron chi connectivity index (χ3n) is 2.80. The van der Waals surface area contributed by atoms with E-state index in [9.17, 15) is 14.9 Å². The Kier molecular flexibility index (Phi) is 5.01. The van der Waals surface area contributed by atoms with Gasteiger partial charge in [-0.2, -0.15) is 5.26 Å². The van der Waals surface area contributed by atoms with Crippen LogP contribution in [0, 0.1) is 28.4 Å². The number of carbonyl (C=O) groups is 1. The minimum absolute atomic E-state index is 0.00313. The zero-order chi connectivity index (χ0) is 14.4. The van der Waals surface area contributed by atoms with E-state index < -0.39 is 4.92 Å². The van der Waals surface area contributed by atoms with Gasteiger partial charge in [-0.15, -0.1) is 0 Å². The Hall–Kier alpha value is -2.42. The van der Waals surface area contributed by atoms with Gasteiger partial charge in [0, 0.05) is 30.3 Å². The van der Waals surface area contributed by atoms with E-state index in [1.807, 2.05) is 13.0 Å². The molecule has 0 unspecified atom stereocenters. The van der Waals surface area contributed by atoms with E-state index in [1.165, 1.54) is 18.2 Å². The summed E-state index contributed by atoms with van der Waals surface area (Å²) in [5.74, 6) is -0.212. The molecule has 1 aromatic rings. The molecule has 0 bridgehead atoms. The zero-order valence-corrected chi connectivity index (χ0v) is 10.9. The third kappa shape index (κ3) is 3.52. The number of carbonyl (C=O) groups excluding carboxylic acids is 1. The lowest BCUT2D eigenvalue weighted by Crippen LogP contribution is -2.31. The van der Waals surface area contributed by atoms with Crippen molar-refractivity contribution < 1.29 is 9.72 Å². The van der Waals surface area contributed by atoms with Gasteiger partial charge < -0.3 is 4.90 Å². The lowest BCUT2D eigenvalue weighted by molar-refractivity contribution is -0.385. The molecule has 100 valence electrons. The van der Waals surface area contributed by atoms with Crippen LogP contribution in [0.1, 0.15) is 29.3 Å². The van der Waals surface area contributed by atoms with E-state index in [-0.39, 0.29) is 18.0 Å². The third-order valence-corrected chi connectivity index (χ3v) is 2.80. The molecule has 0 saturated heterocycles. The maximum Gasteiger partial charge on any atom is 0.272 e. The maximum atomic E-state index is 12.2. The molecule has 0 aromatic heterocycles. The van der Waals surface area contributed by atoms with Crippen LogP contribution < -0.4 is 0 Å². The average Bonchev–Trinajstić information content (AvgIpc) is 2.38. The minimum Gasteiger partial charge on any atom is -0.338 e. The number of rotatable bonds is 5. The first-order valence-corrected chi connectivity index (χ1v) is 5.92. The van der Waals surface area contributed by atoms with Crippen LogP contribution in [-0.4, -0.2) is 28.8 Å². The van der Waals surface area contributed by atoms with Crippen LogP contribution in [0.4, 0.5) is 5.69 Å². The summed E-state index contributed by atoms with van der Waals surface area (Å²) in [5.41, 5.74) is 0.853.